The Kier molecular flexibility index (Phi) is 7.13. The molecule has 5 rings (SSSR count). The first-order valence-corrected chi connectivity index (χ1v) is 12.3. The van der Waals surface area contributed by atoms with Crippen LogP contribution in [0.15, 0.2) is 54.7 Å². The summed E-state index contributed by atoms with van der Waals surface area (Å²) in [6.45, 7) is 1.64. The molecule has 0 atom stereocenters. The Bertz CT molecular complexity index is 1480. The molecule has 3 N–H and O–H groups in total. The van der Waals surface area contributed by atoms with Crippen molar-refractivity contribution in [3.8, 4) is 11.5 Å². The minimum atomic E-state index is -4.53. The molecule has 38 heavy (non-hydrogen) atoms. The topological polar surface area (TPSA) is 93.1 Å². The number of hydrogen-bond donors (Lipinski definition) is 3. The molecule has 0 spiro atoms. The van der Waals surface area contributed by atoms with Gasteiger partial charge >= 0.3 is 6.18 Å². The number of amides is 1. The minimum absolute atomic E-state index is 0.0457. The number of halogens is 4. The number of aryl methyl sites for hydroxylation is 1. The second-order valence-electron chi connectivity index (χ2n) is 8.95. The van der Waals surface area contributed by atoms with Crippen LogP contribution in [0.4, 0.5) is 30.6 Å². The molecule has 0 unspecified atom stereocenters. The van der Waals surface area contributed by atoms with Gasteiger partial charge < -0.3 is 25.3 Å². The predicted molar refractivity (Wildman–Crippen MR) is 139 cm³/mol. The highest BCUT2D eigenvalue weighted by Gasteiger charge is 2.33. The lowest BCUT2D eigenvalue weighted by Gasteiger charge is -2.21. The summed E-state index contributed by atoms with van der Waals surface area (Å²) in [6, 6.07) is 12.1. The summed E-state index contributed by atoms with van der Waals surface area (Å²) < 4.78 is 46.8. The van der Waals surface area contributed by atoms with E-state index in [4.69, 9.17) is 16.3 Å². The molecule has 3 heterocycles. The molecule has 1 saturated heterocycles. The molecule has 0 radical (unpaired) electrons. The van der Waals surface area contributed by atoms with Crippen molar-refractivity contribution < 1.29 is 22.7 Å². The zero-order chi connectivity index (χ0) is 26.9. The first-order valence-electron chi connectivity index (χ1n) is 11.9. The van der Waals surface area contributed by atoms with E-state index in [1.807, 2.05) is 6.07 Å². The summed E-state index contributed by atoms with van der Waals surface area (Å²) in [7, 11) is 1.78. The fourth-order valence-corrected chi connectivity index (χ4v) is 4.59. The second-order valence-corrected chi connectivity index (χ2v) is 9.36. The Hall–Kier alpha value is -3.83. The van der Waals surface area contributed by atoms with Gasteiger partial charge in [0.05, 0.1) is 21.6 Å². The van der Waals surface area contributed by atoms with Crippen LogP contribution in [-0.4, -0.2) is 33.5 Å². The quantitative estimate of drug-likeness (QED) is 0.271. The smallest absolute Gasteiger partial charge is 0.417 e. The SMILES string of the molecule is Cn1c(Nc2ccc(C(F)(F)F)c(Cl)c2)nc2cc(Oc3ccnc(NC(=O)C4CCNCC4)c3)ccc21. The number of rotatable bonds is 6. The third-order valence-electron chi connectivity index (χ3n) is 6.31. The van der Waals surface area contributed by atoms with Gasteiger partial charge in [-0.3, -0.25) is 4.79 Å². The van der Waals surface area contributed by atoms with Crippen molar-refractivity contribution in [1.29, 1.82) is 0 Å². The number of alkyl halides is 3. The molecule has 12 heteroatoms. The van der Waals surface area contributed by atoms with Crippen molar-refractivity contribution >= 4 is 46.0 Å². The fraction of sp³-hybridized carbons (Fsp3) is 0.269. The van der Waals surface area contributed by atoms with Gasteiger partial charge in [0.15, 0.2) is 0 Å². The Morgan fingerprint density at radius 2 is 1.87 bits per heavy atom. The van der Waals surface area contributed by atoms with E-state index in [9.17, 15) is 18.0 Å². The average Bonchev–Trinajstić information content (AvgIpc) is 3.18. The van der Waals surface area contributed by atoms with Crippen LogP contribution >= 0.6 is 11.6 Å². The van der Waals surface area contributed by atoms with E-state index >= 15 is 0 Å². The van der Waals surface area contributed by atoms with Gasteiger partial charge in [-0.05, 0) is 62.3 Å². The molecule has 2 aromatic carbocycles. The summed E-state index contributed by atoms with van der Waals surface area (Å²) in [6.07, 6.45) is -1.40. The standard InChI is InChI=1S/C26H24ClF3N6O2/c1-36-22-5-3-17(38-18-8-11-32-23(14-18)35-24(37)15-6-9-31-10-7-15)13-21(22)34-25(36)33-16-2-4-19(20(27)12-16)26(28,29)30/h2-5,8,11-15,31H,6-7,9-10H2,1H3,(H,33,34)(H,32,35,37). The molecule has 198 valence electrons. The van der Waals surface area contributed by atoms with Gasteiger partial charge in [0, 0.05) is 37.0 Å². The fourth-order valence-electron chi connectivity index (χ4n) is 4.30. The largest absolute Gasteiger partial charge is 0.457 e. The maximum atomic E-state index is 13.0. The van der Waals surface area contributed by atoms with Crippen molar-refractivity contribution in [3.63, 3.8) is 0 Å². The average molecular weight is 545 g/mol. The molecule has 1 fully saturated rings. The molecular weight excluding hydrogens is 521 g/mol. The first-order chi connectivity index (χ1) is 18.2. The lowest BCUT2D eigenvalue weighted by atomic mass is 9.97. The maximum Gasteiger partial charge on any atom is 0.417 e. The highest BCUT2D eigenvalue weighted by molar-refractivity contribution is 6.31. The number of pyridine rings is 1. The molecule has 1 amide bonds. The predicted octanol–water partition coefficient (Wildman–Crippen LogP) is 6.11. The molecule has 4 aromatic rings. The van der Waals surface area contributed by atoms with E-state index in [0.29, 0.717) is 34.5 Å². The van der Waals surface area contributed by atoms with E-state index in [2.05, 4.69) is 25.9 Å². The number of carbonyl (C=O) groups excluding carboxylic acids is 1. The third kappa shape index (κ3) is 5.68. The van der Waals surface area contributed by atoms with Gasteiger partial charge in [-0.1, -0.05) is 11.6 Å². The Labute approximate surface area is 221 Å². The third-order valence-corrected chi connectivity index (χ3v) is 6.62. The van der Waals surface area contributed by atoms with Crippen molar-refractivity contribution in [2.45, 2.75) is 19.0 Å². The van der Waals surface area contributed by atoms with Gasteiger partial charge in [0.2, 0.25) is 11.9 Å². The molecule has 0 saturated carbocycles. The number of aromatic nitrogens is 3. The number of benzene rings is 2. The summed E-state index contributed by atoms with van der Waals surface area (Å²) >= 11 is 5.84. The van der Waals surface area contributed by atoms with Crippen LogP contribution < -0.4 is 20.7 Å². The van der Waals surface area contributed by atoms with Crippen molar-refractivity contribution in [2.75, 3.05) is 23.7 Å². The normalized spacial score (nSPS) is 14.4. The number of hydrogen-bond acceptors (Lipinski definition) is 6. The van der Waals surface area contributed by atoms with Crippen LogP contribution in [0, 0.1) is 5.92 Å². The lowest BCUT2D eigenvalue weighted by molar-refractivity contribution is -0.137. The molecule has 8 nitrogen and oxygen atoms in total. The molecule has 1 aliphatic rings. The number of nitrogens with zero attached hydrogens (tertiary/aromatic N) is 3. The zero-order valence-corrected chi connectivity index (χ0v) is 21.0. The number of nitrogens with one attached hydrogen (secondary N) is 3. The monoisotopic (exact) mass is 544 g/mol. The molecule has 1 aliphatic heterocycles. The molecule has 0 bridgehead atoms. The maximum absolute atomic E-state index is 13.0. The van der Waals surface area contributed by atoms with Gasteiger partial charge in [-0.25, -0.2) is 9.97 Å². The number of piperidine rings is 1. The Morgan fingerprint density at radius 3 is 2.61 bits per heavy atom. The Balaban J connectivity index is 1.30. The molecule has 0 aliphatic carbocycles. The summed E-state index contributed by atoms with van der Waals surface area (Å²) in [4.78, 5) is 21.3. The van der Waals surface area contributed by atoms with Crippen LogP contribution in [0.1, 0.15) is 18.4 Å². The lowest BCUT2D eigenvalue weighted by Crippen LogP contribution is -2.34. The Morgan fingerprint density at radius 1 is 1.11 bits per heavy atom. The number of fused-ring (bicyclic) bond motifs is 1. The van der Waals surface area contributed by atoms with Crippen LogP contribution in [0.5, 0.6) is 11.5 Å². The van der Waals surface area contributed by atoms with Crippen molar-refractivity contribution in [3.05, 3.63) is 65.3 Å². The number of imidazole rings is 1. The van der Waals surface area contributed by atoms with Crippen molar-refractivity contribution in [1.82, 2.24) is 19.9 Å². The van der Waals surface area contributed by atoms with E-state index in [1.165, 1.54) is 12.1 Å². The van der Waals surface area contributed by atoms with Gasteiger partial charge in [-0.15, -0.1) is 0 Å². The van der Waals surface area contributed by atoms with Crippen molar-refractivity contribution in [2.24, 2.45) is 13.0 Å². The first kappa shape index (κ1) is 25.8. The van der Waals surface area contributed by atoms with Gasteiger partial charge in [0.1, 0.15) is 17.3 Å². The molecule has 2 aromatic heterocycles. The van der Waals surface area contributed by atoms with Crippen LogP contribution in [0.25, 0.3) is 11.0 Å². The van der Waals surface area contributed by atoms with Crippen LogP contribution in [0.2, 0.25) is 5.02 Å². The van der Waals surface area contributed by atoms with E-state index < -0.39 is 16.8 Å². The van der Waals surface area contributed by atoms with Gasteiger partial charge in [0.25, 0.3) is 0 Å². The minimum Gasteiger partial charge on any atom is -0.457 e. The van der Waals surface area contributed by atoms with Crippen LogP contribution in [0.3, 0.4) is 0 Å². The van der Waals surface area contributed by atoms with Gasteiger partial charge in [-0.2, -0.15) is 13.2 Å². The van der Waals surface area contributed by atoms with Crippen LogP contribution in [-0.2, 0) is 18.0 Å². The summed E-state index contributed by atoms with van der Waals surface area (Å²) in [5.74, 6) is 1.73. The second kappa shape index (κ2) is 10.5. The summed E-state index contributed by atoms with van der Waals surface area (Å²) in [5, 5.41) is 8.71. The molecular formula is C26H24ClF3N6O2. The van der Waals surface area contributed by atoms with E-state index in [1.54, 1.807) is 42.1 Å². The number of carbonyl (C=O) groups is 1. The van der Waals surface area contributed by atoms with E-state index in [-0.39, 0.29) is 11.8 Å². The highest BCUT2D eigenvalue weighted by Crippen LogP contribution is 2.36. The van der Waals surface area contributed by atoms with E-state index in [0.717, 1.165) is 37.5 Å². The summed E-state index contributed by atoms with van der Waals surface area (Å²) in [5.41, 5.74) is 0.858. The number of ether oxygens (including phenoxy) is 1. The highest BCUT2D eigenvalue weighted by atomic mass is 35.5. The zero-order valence-electron chi connectivity index (χ0n) is 20.3. The number of anilines is 3.